The highest BCUT2D eigenvalue weighted by Crippen LogP contribution is 2.16. The number of aromatic nitrogens is 2. The van der Waals surface area contributed by atoms with E-state index in [4.69, 9.17) is 9.15 Å². The fourth-order valence-corrected chi connectivity index (χ4v) is 2.48. The van der Waals surface area contributed by atoms with Gasteiger partial charge in [-0.25, -0.2) is 4.98 Å². The minimum atomic E-state index is 0.681. The lowest BCUT2D eigenvalue weighted by Gasteiger charge is -2.19. The first-order chi connectivity index (χ1) is 11.3. The number of hydrogen-bond donors (Lipinski definition) is 1. The predicted octanol–water partition coefficient (Wildman–Crippen LogP) is 3.32. The molecule has 0 aliphatic carbocycles. The maximum atomic E-state index is 5.45. The zero-order valence-corrected chi connectivity index (χ0v) is 13.2. The van der Waals surface area contributed by atoms with E-state index in [2.05, 4.69) is 14.9 Å². The van der Waals surface area contributed by atoms with Gasteiger partial charge in [0, 0.05) is 37.7 Å². The molecule has 1 aromatic carbocycles. The van der Waals surface area contributed by atoms with Crippen LogP contribution in [-0.2, 0) is 17.8 Å². The van der Waals surface area contributed by atoms with E-state index in [1.54, 1.807) is 13.4 Å². The van der Waals surface area contributed by atoms with Crippen LogP contribution in [0.1, 0.15) is 11.5 Å². The summed E-state index contributed by atoms with van der Waals surface area (Å²) in [5.74, 6) is 1.84. The number of aromatic amines is 1. The van der Waals surface area contributed by atoms with Crippen LogP contribution in [0, 0.1) is 0 Å². The first-order valence-electron chi connectivity index (χ1n) is 7.68. The number of benzene rings is 1. The van der Waals surface area contributed by atoms with E-state index in [0.29, 0.717) is 6.61 Å². The minimum Gasteiger partial charge on any atom is -0.468 e. The second-order valence-corrected chi connectivity index (χ2v) is 5.41. The summed E-state index contributed by atoms with van der Waals surface area (Å²) in [4.78, 5) is 10.1. The van der Waals surface area contributed by atoms with Crippen LogP contribution < -0.4 is 0 Å². The van der Waals surface area contributed by atoms with Gasteiger partial charge >= 0.3 is 0 Å². The number of methoxy groups -OCH3 is 1. The van der Waals surface area contributed by atoms with Gasteiger partial charge < -0.3 is 14.1 Å². The minimum absolute atomic E-state index is 0.681. The standard InChI is InChI=1S/C18H21N3O2/c1-22-11-9-21(14-17-8-5-10-23-17)13-16-12-19-18(20-16)15-6-3-2-4-7-15/h2-8,10,12H,9,11,13-14H2,1H3,(H,19,20). The Morgan fingerprint density at radius 2 is 2.00 bits per heavy atom. The van der Waals surface area contributed by atoms with Crippen LogP contribution in [0.3, 0.4) is 0 Å². The molecule has 0 amide bonds. The number of H-pyrrole nitrogens is 1. The summed E-state index contributed by atoms with van der Waals surface area (Å²) in [7, 11) is 1.72. The molecular weight excluding hydrogens is 290 g/mol. The van der Waals surface area contributed by atoms with Crippen LogP contribution in [0.4, 0.5) is 0 Å². The average molecular weight is 311 g/mol. The summed E-state index contributed by atoms with van der Waals surface area (Å²) >= 11 is 0. The fraction of sp³-hybridized carbons (Fsp3) is 0.278. The van der Waals surface area contributed by atoms with Crippen molar-refractivity contribution in [2.45, 2.75) is 13.1 Å². The third-order valence-corrected chi connectivity index (χ3v) is 3.64. The highest BCUT2D eigenvalue weighted by atomic mass is 16.5. The number of nitrogens with zero attached hydrogens (tertiary/aromatic N) is 2. The van der Waals surface area contributed by atoms with Gasteiger partial charge in [0.2, 0.25) is 0 Å². The summed E-state index contributed by atoms with van der Waals surface area (Å²) in [6.45, 7) is 3.03. The van der Waals surface area contributed by atoms with Crippen LogP contribution in [0.15, 0.2) is 59.3 Å². The SMILES string of the molecule is COCCN(Cc1cnc(-c2ccccc2)[nH]1)Cc1ccco1. The first kappa shape index (κ1) is 15.5. The Kier molecular flexibility index (Phi) is 5.24. The number of rotatable bonds is 8. The van der Waals surface area contributed by atoms with Crippen molar-refractivity contribution < 1.29 is 9.15 Å². The molecule has 5 nitrogen and oxygen atoms in total. The number of nitrogens with one attached hydrogen (secondary N) is 1. The van der Waals surface area contributed by atoms with Crippen molar-refractivity contribution in [3.05, 3.63) is 66.4 Å². The van der Waals surface area contributed by atoms with E-state index in [9.17, 15) is 0 Å². The zero-order chi connectivity index (χ0) is 15.9. The summed E-state index contributed by atoms with van der Waals surface area (Å²) < 4.78 is 10.7. The Bertz CT molecular complexity index is 692. The largest absolute Gasteiger partial charge is 0.468 e. The third kappa shape index (κ3) is 4.31. The molecule has 0 atom stereocenters. The van der Waals surface area contributed by atoms with Gasteiger partial charge in [-0.1, -0.05) is 30.3 Å². The molecule has 3 aromatic rings. The van der Waals surface area contributed by atoms with E-state index in [1.807, 2.05) is 48.7 Å². The molecule has 2 aromatic heterocycles. The molecule has 0 unspecified atom stereocenters. The lowest BCUT2D eigenvalue weighted by Crippen LogP contribution is -2.26. The van der Waals surface area contributed by atoms with Crippen LogP contribution in [0.5, 0.6) is 0 Å². The van der Waals surface area contributed by atoms with E-state index >= 15 is 0 Å². The van der Waals surface area contributed by atoms with E-state index in [1.165, 1.54) is 0 Å². The quantitative estimate of drug-likeness (QED) is 0.693. The molecule has 1 N–H and O–H groups in total. The molecule has 0 bridgehead atoms. The van der Waals surface area contributed by atoms with Crippen molar-refractivity contribution in [3.8, 4) is 11.4 Å². The molecule has 0 saturated carbocycles. The maximum absolute atomic E-state index is 5.45. The molecule has 120 valence electrons. The monoisotopic (exact) mass is 311 g/mol. The van der Waals surface area contributed by atoms with Gasteiger partial charge in [-0.2, -0.15) is 0 Å². The lowest BCUT2D eigenvalue weighted by molar-refractivity contribution is 0.134. The Morgan fingerprint density at radius 1 is 1.13 bits per heavy atom. The molecule has 0 aliphatic rings. The Balaban J connectivity index is 1.68. The average Bonchev–Trinajstić information content (AvgIpc) is 3.25. The van der Waals surface area contributed by atoms with Gasteiger partial charge in [0.05, 0.1) is 19.4 Å². The summed E-state index contributed by atoms with van der Waals surface area (Å²) in [5.41, 5.74) is 2.17. The molecule has 0 saturated heterocycles. The van der Waals surface area contributed by atoms with Crippen molar-refractivity contribution in [1.82, 2.24) is 14.9 Å². The molecule has 23 heavy (non-hydrogen) atoms. The smallest absolute Gasteiger partial charge is 0.137 e. The van der Waals surface area contributed by atoms with Crippen LogP contribution in [0.25, 0.3) is 11.4 Å². The van der Waals surface area contributed by atoms with Gasteiger partial charge in [0.1, 0.15) is 11.6 Å². The highest BCUT2D eigenvalue weighted by Gasteiger charge is 2.11. The molecule has 2 heterocycles. The van der Waals surface area contributed by atoms with Crippen molar-refractivity contribution >= 4 is 0 Å². The lowest BCUT2D eigenvalue weighted by atomic mass is 10.2. The molecular formula is C18H21N3O2. The van der Waals surface area contributed by atoms with E-state index < -0.39 is 0 Å². The van der Waals surface area contributed by atoms with Gasteiger partial charge in [-0.3, -0.25) is 4.90 Å². The van der Waals surface area contributed by atoms with E-state index in [0.717, 1.165) is 42.5 Å². The van der Waals surface area contributed by atoms with Gasteiger partial charge in [-0.05, 0) is 12.1 Å². The Labute approximate surface area is 135 Å². The molecule has 0 aliphatic heterocycles. The van der Waals surface area contributed by atoms with Crippen molar-refractivity contribution in [2.24, 2.45) is 0 Å². The van der Waals surface area contributed by atoms with Crippen LogP contribution >= 0.6 is 0 Å². The number of imidazole rings is 1. The van der Waals surface area contributed by atoms with E-state index in [-0.39, 0.29) is 0 Å². The topological polar surface area (TPSA) is 54.3 Å². The molecule has 3 rings (SSSR count). The van der Waals surface area contributed by atoms with Gasteiger partial charge in [0.25, 0.3) is 0 Å². The summed E-state index contributed by atoms with van der Waals surface area (Å²) in [6.07, 6.45) is 3.60. The fourth-order valence-electron chi connectivity index (χ4n) is 2.48. The Morgan fingerprint density at radius 3 is 2.74 bits per heavy atom. The highest BCUT2D eigenvalue weighted by molar-refractivity contribution is 5.54. The van der Waals surface area contributed by atoms with Gasteiger partial charge in [-0.15, -0.1) is 0 Å². The third-order valence-electron chi connectivity index (χ3n) is 3.64. The van der Waals surface area contributed by atoms with Crippen molar-refractivity contribution in [1.29, 1.82) is 0 Å². The second-order valence-electron chi connectivity index (χ2n) is 5.41. The molecule has 0 radical (unpaired) electrons. The number of ether oxygens (including phenoxy) is 1. The second kappa shape index (κ2) is 7.76. The Hall–Kier alpha value is -2.37. The summed E-state index contributed by atoms with van der Waals surface area (Å²) in [6, 6.07) is 14.0. The van der Waals surface area contributed by atoms with Crippen LogP contribution in [-0.4, -0.2) is 35.1 Å². The van der Waals surface area contributed by atoms with Crippen molar-refractivity contribution in [2.75, 3.05) is 20.3 Å². The van der Waals surface area contributed by atoms with Crippen molar-refractivity contribution in [3.63, 3.8) is 0 Å². The zero-order valence-electron chi connectivity index (χ0n) is 13.2. The molecule has 0 fully saturated rings. The van der Waals surface area contributed by atoms with Gasteiger partial charge in [0.15, 0.2) is 0 Å². The summed E-state index contributed by atoms with van der Waals surface area (Å²) in [5, 5.41) is 0. The predicted molar refractivity (Wildman–Crippen MR) is 88.7 cm³/mol. The normalized spacial score (nSPS) is 11.2. The number of furan rings is 1. The molecule has 5 heteroatoms. The first-order valence-corrected chi connectivity index (χ1v) is 7.68. The maximum Gasteiger partial charge on any atom is 0.137 e. The molecule has 0 spiro atoms. The van der Waals surface area contributed by atoms with Crippen LogP contribution in [0.2, 0.25) is 0 Å². The number of hydrogen-bond acceptors (Lipinski definition) is 4.